The topological polar surface area (TPSA) is 117 Å². The molecule has 29 heavy (non-hydrogen) atoms. The third-order valence-corrected chi connectivity index (χ3v) is 3.77. The molecular weight excluding hydrogens is 380 g/mol. The number of hydrogen-bond acceptors (Lipinski definition) is 7. The second-order valence-corrected chi connectivity index (χ2v) is 6.37. The molecule has 0 heterocycles. The van der Waals surface area contributed by atoms with Gasteiger partial charge in [-0.1, -0.05) is 0 Å². The largest absolute Gasteiger partial charge is 0.494 e. The molecule has 0 saturated heterocycles. The number of nitrogens with one attached hydrogen (secondary N) is 1. The summed E-state index contributed by atoms with van der Waals surface area (Å²) in [5.41, 5.74) is 0.319. The number of rotatable bonds is 8. The monoisotopic (exact) mass is 402 g/mol. The first kappa shape index (κ1) is 21.7. The molecule has 0 radical (unpaired) electrons. The maximum atomic E-state index is 12.3. The molecule has 2 aromatic rings. The number of amides is 1. The molecule has 2 rings (SSSR count). The number of anilines is 1. The summed E-state index contributed by atoms with van der Waals surface area (Å²) in [6, 6.07) is 10.1. The highest BCUT2D eigenvalue weighted by Crippen LogP contribution is 2.29. The number of carbonyl (C=O) groups is 2. The van der Waals surface area contributed by atoms with E-state index in [1.165, 1.54) is 32.2 Å². The van der Waals surface area contributed by atoms with Crippen molar-refractivity contribution in [1.29, 1.82) is 0 Å². The van der Waals surface area contributed by atoms with Crippen LogP contribution in [0.2, 0.25) is 0 Å². The molecule has 154 valence electrons. The fourth-order valence-corrected chi connectivity index (χ4v) is 2.35. The van der Waals surface area contributed by atoms with Crippen LogP contribution in [0, 0.1) is 10.1 Å². The molecule has 2 aromatic carbocycles. The highest BCUT2D eigenvalue weighted by Gasteiger charge is 2.21. The smallest absolute Gasteiger partial charge is 0.338 e. The SMILES string of the molecule is COc1cc([N+](=O)[O-])ccc1NC(=O)[C@H](C)OC(=O)c1ccc(OC(C)C)cc1. The Bertz CT molecular complexity index is 894. The first-order valence-corrected chi connectivity index (χ1v) is 8.82. The molecule has 9 heteroatoms. The van der Waals surface area contributed by atoms with E-state index in [2.05, 4.69) is 5.32 Å². The lowest BCUT2D eigenvalue weighted by atomic mass is 10.2. The molecule has 1 atom stereocenters. The van der Waals surface area contributed by atoms with Crippen LogP contribution in [0.5, 0.6) is 11.5 Å². The summed E-state index contributed by atoms with van der Waals surface area (Å²) >= 11 is 0. The van der Waals surface area contributed by atoms with Gasteiger partial charge < -0.3 is 19.5 Å². The third-order valence-electron chi connectivity index (χ3n) is 3.77. The lowest BCUT2D eigenvalue weighted by molar-refractivity contribution is -0.384. The molecule has 0 unspecified atom stereocenters. The number of ether oxygens (including phenoxy) is 3. The van der Waals surface area contributed by atoms with Crippen molar-refractivity contribution in [3.05, 3.63) is 58.1 Å². The third kappa shape index (κ3) is 5.93. The van der Waals surface area contributed by atoms with Crippen molar-refractivity contribution >= 4 is 23.3 Å². The first-order chi connectivity index (χ1) is 13.7. The van der Waals surface area contributed by atoms with Gasteiger partial charge in [0.05, 0.1) is 35.5 Å². The van der Waals surface area contributed by atoms with Gasteiger partial charge in [-0.15, -0.1) is 0 Å². The van der Waals surface area contributed by atoms with Crippen molar-refractivity contribution < 1.29 is 28.7 Å². The molecule has 9 nitrogen and oxygen atoms in total. The summed E-state index contributed by atoms with van der Waals surface area (Å²) in [5.74, 6) is -0.538. The zero-order valence-electron chi connectivity index (χ0n) is 16.5. The minimum absolute atomic E-state index is 0.00734. The van der Waals surface area contributed by atoms with Gasteiger partial charge in [-0.05, 0) is 51.1 Å². The average Bonchev–Trinajstić information content (AvgIpc) is 2.67. The van der Waals surface area contributed by atoms with Gasteiger partial charge in [0.25, 0.3) is 11.6 Å². The van der Waals surface area contributed by atoms with Gasteiger partial charge in [-0.2, -0.15) is 0 Å². The van der Waals surface area contributed by atoms with Gasteiger partial charge >= 0.3 is 5.97 Å². The highest BCUT2D eigenvalue weighted by molar-refractivity contribution is 5.98. The number of esters is 1. The van der Waals surface area contributed by atoms with Crippen LogP contribution < -0.4 is 14.8 Å². The Hall–Kier alpha value is -3.62. The van der Waals surface area contributed by atoms with E-state index in [1.54, 1.807) is 24.3 Å². The van der Waals surface area contributed by atoms with Crippen LogP contribution in [0.15, 0.2) is 42.5 Å². The summed E-state index contributed by atoms with van der Waals surface area (Å²) in [4.78, 5) is 34.9. The van der Waals surface area contributed by atoms with Crippen LogP contribution in [-0.4, -0.2) is 36.1 Å². The van der Waals surface area contributed by atoms with Crippen molar-refractivity contribution in [3.63, 3.8) is 0 Å². The van der Waals surface area contributed by atoms with Crippen LogP contribution in [0.4, 0.5) is 11.4 Å². The van der Waals surface area contributed by atoms with Gasteiger partial charge in [0, 0.05) is 6.07 Å². The molecule has 0 fully saturated rings. The molecule has 0 aliphatic rings. The number of hydrogen-bond donors (Lipinski definition) is 1. The van der Waals surface area contributed by atoms with E-state index in [0.29, 0.717) is 5.75 Å². The Balaban J connectivity index is 2.01. The van der Waals surface area contributed by atoms with Crippen LogP contribution in [0.25, 0.3) is 0 Å². The maximum Gasteiger partial charge on any atom is 0.338 e. The van der Waals surface area contributed by atoms with Crippen LogP contribution in [0.1, 0.15) is 31.1 Å². The van der Waals surface area contributed by atoms with Gasteiger partial charge in [0.15, 0.2) is 6.10 Å². The predicted octanol–water partition coefficient (Wildman–Crippen LogP) is 3.57. The number of carbonyl (C=O) groups excluding carboxylic acids is 2. The molecular formula is C20H22N2O7. The summed E-state index contributed by atoms with van der Waals surface area (Å²) in [6.07, 6.45) is -1.10. The quantitative estimate of drug-likeness (QED) is 0.407. The van der Waals surface area contributed by atoms with E-state index in [0.717, 1.165) is 0 Å². The van der Waals surface area contributed by atoms with E-state index >= 15 is 0 Å². The van der Waals surface area contributed by atoms with Crippen LogP contribution in [-0.2, 0) is 9.53 Å². The first-order valence-electron chi connectivity index (χ1n) is 8.82. The molecule has 0 bridgehead atoms. The minimum atomic E-state index is -1.10. The van der Waals surface area contributed by atoms with E-state index < -0.39 is 22.9 Å². The zero-order chi connectivity index (χ0) is 21.6. The molecule has 1 amide bonds. The summed E-state index contributed by atoms with van der Waals surface area (Å²) in [7, 11) is 1.32. The van der Waals surface area contributed by atoms with E-state index in [9.17, 15) is 19.7 Å². The summed E-state index contributed by atoms with van der Waals surface area (Å²) in [5, 5.41) is 13.4. The van der Waals surface area contributed by atoms with Crippen LogP contribution in [0.3, 0.4) is 0 Å². The molecule has 0 aliphatic heterocycles. The number of nitrogens with zero attached hydrogens (tertiary/aromatic N) is 1. The van der Waals surface area contributed by atoms with E-state index in [1.807, 2.05) is 13.8 Å². The Kier molecular flexibility index (Phi) is 7.13. The van der Waals surface area contributed by atoms with E-state index in [4.69, 9.17) is 14.2 Å². The van der Waals surface area contributed by atoms with Gasteiger partial charge in [-0.3, -0.25) is 14.9 Å². The zero-order valence-corrected chi connectivity index (χ0v) is 16.5. The Morgan fingerprint density at radius 3 is 2.28 bits per heavy atom. The van der Waals surface area contributed by atoms with Crippen molar-refractivity contribution in [2.75, 3.05) is 12.4 Å². The molecule has 0 spiro atoms. The van der Waals surface area contributed by atoms with Crippen molar-refractivity contribution in [2.45, 2.75) is 33.0 Å². The van der Waals surface area contributed by atoms with E-state index in [-0.39, 0.29) is 28.8 Å². The molecule has 0 aromatic heterocycles. The Morgan fingerprint density at radius 1 is 1.07 bits per heavy atom. The lowest BCUT2D eigenvalue weighted by Gasteiger charge is -2.15. The number of benzene rings is 2. The summed E-state index contributed by atoms with van der Waals surface area (Å²) in [6.45, 7) is 5.20. The predicted molar refractivity (Wildman–Crippen MR) is 105 cm³/mol. The molecule has 1 N–H and O–H groups in total. The van der Waals surface area contributed by atoms with Crippen molar-refractivity contribution in [3.8, 4) is 11.5 Å². The highest BCUT2D eigenvalue weighted by atomic mass is 16.6. The van der Waals surface area contributed by atoms with Crippen molar-refractivity contribution in [2.24, 2.45) is 0 Å². The normalized spacial score (nSPS) is 11.5. The maximum absolute atomic E-state index is 12.3. The number of nitro benzene ring substituents is 1. The second kappa shape index (κ2) is 9.54. The van der Waals surface area contributed by atoms with Crippen LogP contribution >= 0.6 is 0 Å². The Morgan fingerprint density at radius 2 is 1.72 bits per heavy atom. The lowest BCUT2D eigenvalue weighted by Crippen LogP contribution is -2.30. The number of nitro groups is 1. The van der Waals surface area contributed by atoms with Gasteiger partial charge in [-0.25, -0.2) is 4.79 Å². The second-order valence-electron chi connectivity index (χ2n) is 6.37. The molecule has 0 aliphatic carbocycles. The summed E-state index contributed by atoms with van der Waals surface area (Å²) < 4.78 is 15.8. The van der Waals surface area contributed by atoms with Gasteiger partial charge in [0.1, 0.15) is 11.5 Å². The fourth-order valence-electron chi connectivity index (χ4n) is 2.35. The minimum Gasteiger partial charge on any atom is -0.494 e. The number of non-ortho nitro benzene ring substituents is 1. The van der Waals surface area contributed by atoms with Gasteiger partial charge in [0.2, 0.25) is 0 Å². The standard InChI is InChI=1S/C20H22N2O7/c1-12(2)28-16-8-5-14(6-9-16)20(24)29-13(3)19(23)21-17-10-7-15(22(25)26)11-18(17)27-4/h5-13H,1-4H3,(H,21,23)/t13-/m0/s1. The number of methoxy groups -OCH3 is 1. The molecule has 0 saturated carbocycles. The Labute approximate surface area is 167 Å². The van der Waals surface area contributed by atoms with Crippen molar-refractivity contribution in [1.82, 2.24) is 0 Å². The average molecular weight is 402 g/mol. The fraction of sp³-hybridized carbons (Fsp3) is 0.300.